The van der Waals surface area contributed by atoms with Gasteiger partial charge in [-0.3, -0.25) is 4.98 Å². The van der Waals surface area contributed by atoms with Crippen molar-refractivity contribution >= 4 is 17.0 Å². The highest BCUT2D eigenvalue weighted by atomic mass is 32.1. The highest BCUT2D eigenvalue weighted by Crippen LogP contribution is 2.29. The summed E-state index contributed by atoms with van der Waals surface area (Å²) in [6.45, 7) is 0. The molecule has 0 bridgehead atoms. The minimum Gasteiger partial charge on any atom is -0.398 e. The molecule has 1 heterocycles. The Morgan fingerprint density at radius 2 is 2.29 bits per heavy atom. The molecule has 2 N–H and O–H groups in total. The van der Waals surface area contributed by atoms with Crippen LogP contribution in [0.3, 0.4) is 0 Å². The molecule has 2 rings (SSSR count). The molecule has 0 unspecified atom stereocenters. The summed E-state index contributed by atoms with van der Waals surface area (Å²) in [5.41, 5.74) is 9.72. The number of nitrogen functional groups attached to an aromatic ring is 1. The Labute approximate surface area is 85.4 Å². The number of rotatable bonds is 1. The molecule has 0 radical (unpaired) electrons. The Balaban J connectivity index is 2.58. The standard InChI is InChI=1S/C10H7N3S/c11-4-7-1-2-9(12)8(3-7)10-5-13-6-14-10/h1-3,5-6H,12H2. The highest BCUT2D eigenvalue weighted by Gasteiger charge is 2.04. The van der Waals surface area contributed by atoms with Crippen LogP contribution in [0.5, 0.6) is 0 Å². The number of hydrogen-bond acceptors (Lipinski definition) is 4. The van der Waals surface area contributed by atoms with Crippen molar-refractivity contribution in [2.45, 2.75) is 0 Å². The second-order valence-corrected chi connectivity index (χ2v) is 3.67. The molecule has 1 aromatic heterocycles. The first kappa shape index (κ1) is 8.73. The third kappa shape index (κ3) is 1.45. The normalized spacial score (nSPS) is 9.64. The predicted octanol–water partition coefficient (Wildman–Crippen LogP) is 2.26. The van der Waals surface area contributed by atoms with Gasteiger partial charge in [-0.1, -0.05) is 0 Å². The summed E-state index contributed by atoms with van der Waals surface area (Å²) < 4.78 is 0. The fourth-order valence-electron chi connectivity index (χ4n) is 1.19. The summed E-state index contributed by atoms with van der Waals surface area (Å²) in [6, 6.07) is 7.32. The van der Waals surface area contributed by atoms with Crippen LogP contribution in [-0.2, 0) is 0 Å². The van der Waals surface area contributed by atoms with Gasteiger partial charge in [-0.05, 0) is 18.2 Å². The van der Waals surface area contributed by atoms with Crippen molar-refractivity contribution in [3.8, 4) is 16.5 Å². The fraction of sp³-hybridized carbons (Fsp3) is 0. The van der Waals surface area contributed by atoms with Crippen molar-refractivity contribution in [2.24, 2.45) is 0 Å². The van der Waals surface area contributed by atoms with E-state index in [1.165, 1.54) is 11.3 Å². The zero-order valence-corrected chi connectivity index (χ0v) is 8.08. The van der Waals surface area contributed by atoms with Crippen molar-refractivity contribution in [1.29, 1.82) is 5.26 Å². The third-order valence-corrected chi connectivity index (χ3v) is 2.69. The average molecular weight is 201 g/mol. The number of anilines is 1. The molecule has 0 aliphatic rings. The van der Waals surface area contributed by atoms with Crippen LogP contribution < -0.4 is 5.73 Å². The zero-order chi connectivity index (χ0) is 9.97. The Morgan fingerprint density at radius 3 is 2.93 bits per heavy atom. The number of nitriles is 1. The lowest BCUT2D eigenvalue weighted by Gasteiger charge is -2.01. The van der Waals surface area contributed by atoms with Crippen LogP contribution in [0.4, 0.5) is 5.69 Å². The third-order valence-electron chi connectivity index (χ3n) is 1.88. The lowest BCUT2D eigenvalue weighted by molar-refractivity contribution is 1.42. The molecule has 0 saturated heterocycles. The van der Waals surface area contributed by atoms with Crippen molar-refractivity contribution in [2.75, 3.05) is 5.73 Å². The fourth-order valence-corrected chi connectivity index (χ4v) is 1.85. The number of nitrogens with two attached hydrogens (primary N) is 1. The summed E-state index contributed by atoms with van der Waals surface area (Å²) >= 11 is 1.51. The summed E-state index contributed by atoms with van der Waals surface area (Å²) in [5, 5.41) is 8.75. The van der Waals surface area contributed by atoms with Crippen LogP contribution in [0.15, 0.2) is 29.9 Å². The van der Waals surface area contributed by atoms with E-state index in [-0.39, 0.29) is 0 Å². The molecule has 1 aromatic carbocycles. The van der Waals surface area contributed by atoms with Gasteiger partial charge in [0.2, 0.25) is 0 Å². The summed E-state index contributed by atoms with van der Waals surface area (Å²) in [7, 11) is 0. The van der Waals surface area contributed by atoms with Crippen molar-refractivity contribution < 1.29 is 0 Å². The van der Waals surface area contributed by atoms with E-state index in [0.29, 0.717) is 11.3 Å². The SMILES string of the molecule is N#Cc1ccc(N)c(-c2cncs2)c1. The Morgan fingerprint density at radius 1 is 1.43 bits per heavy atom. The van der Waals surface area contributed by atoms with Gasteiger partial charge in [0.25, 0.3) is 0 Å². The number of hydrogen-bond donors (Lipinski definition) is 1. The van der Waals surface area contributed by atoms with Gasteiger partial charge >= 0.3 is 0 Å². The molecule has 0 amide bonds. The van der Waals surface area contributed by atoms with Gasteiger partial charge in [-0.2, -0.15) is 5.26 Å². The first-order valence-corrected chi connectivity index (χ1v) is 4.87. The zero-order valence-electron chi connectivity index (χ0n) is 7.27. The molecule has 0 atom stereocenters. The van der Waals surface area contributed by atoms with Gasteiger partial charge in [-0.15, -0.1) is 11.3 Å². The maximum absolute atomic E-state index is 8.75. The molecular weight excluding hydrogens is 194 g/mol. The molecule has 4 heteroatoms. The number of aromatic nitrogens is 1. The maximum atomic E-state index is 8.75. The average Bonchev–Trinajstić information content (AvgIpc) is 2.71. The van der Waals surface area contributed by atoms with Crippen molar-refractivity contribution in [3.63, 3.8) is 0 Å². The van der Waals surface area contributed by atoms with Crippen LogP contribution in [0.2, 0.25) is 0 Å². The van der Waals surface area contributed by atoms with E-state index in [1.54, 1.807) is 29.9 Å². The molecule has 2 aromatic rings. The van der Waals surface area contributed by atoms with Crippen LogP contribution >= 0.6 is 11.3 Å². The number of thiazole rings is 1. The lowest BCUT2D eigenvalue weighted by atomic mass is 10.1. The summed E-state index contributed by atoms with van der Waals surface area (Å²) in [5.74, 6) is 0. The largest absolute Gasteiger partial charge is 0.398 e. The van der Waals surface area contributed by atoms with Gasteiger partial charge in [0.15, 0.2) is 0 Å². The molecule has 14 heavy (non-hydrogen) atoms. The van der Waals surface area contributed by atoms with Crippen molar-refractivity contribution in [1.82, 2.24) is 4.98 Å². The highest BCUT2D eigenvalue weighted by molar-refractivity contribution is 7.13. The monoisotopic (exact) mass is 201 g/mol. The number of benzene rings is 1. The molecule has 0 aliphatic carbocycles. The van der Waals surface area contributed by atoms with Gasteiger partial charge in [-0.25, -0.2) is 0 Å². The minimum atomic E-state index is 0.614. The minimum absolute atomic E-state index is 0.614. The van der Waals surface area contributed by atoms with Gasteiger partial charge in [0, 0.05) is 17.4 Å². The summed E-state index contributed by atoms with van der Waals surface area (Å²) in [4.78, 5) is 4.96. The van der Waals surface area contributed by atoms with Crippen LogP contribution in [0.25, 0.3) is 10.4 Å². The molecule has 68 valence electrons. The first-order chi connectivity index (χ1) is 6.81. The van der Waals surface area contributed by atoms with Crippen LogP contribution in [0.1, 0.15) is 5.56 Å². The molecule has 0 saturated carbocycles. The van der Waals surface area contributed by atoms with E-state index in [0.717, 1.165) is 10.4 Å². The van der Waals surface area contributed by atoms with E-state index in [4.69, 9.17) is 11.0 Å². The molecular formula is C10H7N3S. The smallest absolute Gasteiger partial charge is 0.0991 e. The van der Waals surface area contributed by atoms with E-state index < -0.39 is 0 Å². The lowest BCUT2D eigenvalue weighted by Crippen LogP contribution is -1.89. The van der Waals surface area contributed by atoms with Crippen LogP contribution in [-0.4, -0.2) is 4.98 Å². The quantitative estimate of drug-likeness (QED) is 0.720. The van der Waals surface area contributed by atoms with Crippen LogP contribution in [0, 0.1) is 11.3 Å². The van der Waals surface area contributed by atoms with E-state index >= 15 is 0 Å². The molecule has 3 nitrogen and oxygen atoms in total. The topological polar surface area (TPSA) is 62.7 Å². The van der Waals surface area contributed by atoms with E-state index in [2.05, 4.69) is 11.1 Å². The number of nitrogens with zero attached hydrogens (tertiary/aromatic N) is 2. The maximum Gasteiger partial charge on any atom is 0.0991 e. The van der Waals surface area contributed by atoms with Gasteiger partial charge < -0.3 is 5.73 Å². The second kappa shape index (κ2) is 3.48. The first-order valence-electron chi connectivity index (χ1n) is 4.00. The molecule has 0 fully saturated rings. The van der Waals surface area contributed by atoms with Gasteiger partial charge in [0.05, 0.1) is 22.0 Å². The Bertz CT molecular complexity index is 483. The summed E-state index contributed by atoms with van der Waals surface area (Å²) in [6.07, 6.45) is 1.75. The second-order valence-electron chi connectivity index (χ2n) is 2.78. The van der Waals surface area contributed by atoms with E-state index in [9.17, 15) is 0 Å². The van der Waals surface area contributed by atoms with Crippen molar-refractivity contribution in [3.05, 3.63) is 35.5 Å². The molecule has 0 spiro atoms. The Kier molecular flexibility index (Phi) is 2.17. The molecule has 0 aliphatic heterocycles. The van der Waals surface area contributed by atoms with E-state index in [1.807, 2.05) is 0 Å². The van der Waals surface area contributed by atoms with Gasteiger partial charge in [0.1, 0.15) is 0 Å². The predicted molar refractivity (Wildman–Crippen MR) is 56.7 cm³/mol. The Hall–Kier alpha value is -1.86.